The van der Waals surface area contributed by atoms with E-state index in [-0.39, 0.29) is 18.1 Å². The fourth-order valence-electron chi connectivity index (χ4n) is 2.13. The Bertz CT molecular complexity index is 735. The number of benzene rings is 2. The highest BCUT2D eigenvalue weighted by molar-refractivity contribution is 7.91. The van der Waals surface area contributed by atoms with Crippen LogP contribution in [0.25, 0.3) is 10.8 Å². The fraction of sp³-hybridized carbons (Fsp3) is 0.312. The van der Waals surface area contributed by atoms with Crippen molar-refractivity contribution in [2.75, 3.05) is 18.1 Å². The quantitative estimate of drug-likeness (QED) is 0.583. The summed E-state index contributed by atoms with van der Waals surface area (Å²) in [7, 11) is -2.97. The second kappa shape index (κ2) is 6.72. The maximum Gasteiger partial charge on any atom is 0.154 e. The third-order valence-corrected chi connectivity index (χ3v) is 5.14. The lowest BCUT2D eigenvalue weighted by molar-refractivity contribution is 0.112. The molecule has 0 aliphatic carbocycles. The zero-order chi connectivity index (χ0) is 15.3. The van der Waals surface area contributed by atoms with E-state index in [4.69, 9.17) is 4.74 Å². The first kappa shape index (κ1) is 15.5. The topological polar surface area (TPSA) is 60.4 Å². The molecule has 0 heterocycles. The molecule has 0 saturated carbocycles. The van der Waals surface area contributed by atoms with Gasteiger partial charge in [-0.25, -0.2) is 8.42 Å². The van der Waals surface area contributed by atoms with E-state index in [1.165, 1.54) is 0 Å². The van der Waals surface area contributed by atoms with Crippen LogP contribution in [0.15, 0.2) is 36.4 Å². The van der Waals surface area contributed by atoms with Gasteiger partial charge in [-0.05, 0) is 23.3 Å². The van der Waals surface area contributed by atoms with Crippen LogP contribution in [0, 0.1) is 0 Å². The zero-order valence-corrected chi connectivity index (χ0v) is 12.7. The molecule has 2 rings (SSSR count). The minimum atomic E-state index is -2.97. The molecule has 0 aromatic heterocycles. The first-order valence-electron chi connectivity index (χ1n) is 6.87. The number of hydrogen-bond donors (Lipinski definition) is 0. The predicted octanol–water partition coefficient (Wildman–Crippen LogP) is 2.86. The van der Waals surface area contributed by atoms with Crippen LogP contribution >= 0.6 is 0 Å². The minimum absolute atomic E-state index is 0.105. The number of ether oxygens (including phenoxy) is 1. The Morgan fingerprint density at radius 1 is 1.14 bits per heavy atom. The van der Waals surface area contributed by atoms with Gasteiger partial charge in [0, 0.05) is 5.75 Å². The van der Waals surface area contributed by atoms with Crippen LogP contribution < -0.4 is 4.74 Å². The number of fused-ring (bicyclic) bond motifs is 1. The molecular weight excluding hydrogens is 288 g/mol. The Balaban J connectivity index is 2.10. The first-order chi connectivity index (χ1) is 10.1. The second-order valence-electron chi connectivity index (χ2n) is 4.75. The maximum atomic E-state index is 11.4. The molecule has 0 amide bonds. The van der Waals surface area contributed by atoms with Gasteiger partial charge < -0.3 is 4.74 Å². The lowest BCUT2D eigenvalue weighted by Crippen LogP contribution is -2.12. The number of carbonyl (C=O) groups is 1. The Morgan fingerprint density at radius 3 is 2.62 bits per heavy atom. The summed E-state index contributed by atoms with van der Waals surface area (Å²) < 4.78 is 28.4. The highest BCUT2D eigenvalue weighted by Gasteiger charge is 2.10. The van der Waals surface area contributed by atoms with Crippen molar-refractivity contribution in [3.63, 3.8) is 0 Å². The third kappa shape index (κ3) is 3.82. The van der Waals surface area contributed by atoms with E-state index in [2.05, 4.69) is 0 Å². The second-order valence-corrected chi connectivity index (χ2v) is 7.23. The third-order valence-electron chi connectivity index (χ3n) is 3.35. The lowest BCUT2D eigenvalue weighted by Gasteiger charge is -2.10. The van der Waals surface area contributed by atoms with Crippen LogP contribution in [-0.2, 0) is 9.84 Å². The largest absolute Gasteiger partial charge is 0.493 e. The smallest absolute Gasteiger partial charge is 0.154 e. The van der Waals surface area contributed by atoms with E-state index >= 15 is 0 Å². The van der Waals surface area contributed by atoms with E-state index in [1.54, 1.807) is 13.0 Å². The molecule has 0 unspecified atom stereocenters. The normalized spacial score (nSPS) is 11.5. The van der Waals surface area contributed by atoms with Crippen LogP contribution in [0.3, 0.4) is 0 Å². The van der Waals surface area contributed by atoms with Gasteiger partial charge in [-0.2, -0.15) is 0 Å². The fourth-order valence-corrected chi connectivity index (χ4v) is 2.97. The Morgan fingerprint density at radius 2 is 1.90 bits per heavy atom. The van der Waals surface area contributed by atoms with Crippen molar-refractivity contribution < 1.29 is 17.9 Å². The highest BCUT2D eigenvalue weighted by atomic mass is 32.2. The molecule has 0 fully saturated rings. The standard InChI is InChI=1S/C16H18O4S/c1-2-21(18,19)11-5-10-20-16-9-8-13-6-3-4-7-14(13)15(16)12-17/h3-4,6-9,12H,2,5,10-11H2,1H3. The minimum Gasteiger partial charge on any atom is -0.493 e. The van der Waals surface area contributed by atoms with Gasteiger partial charge in [0.2, 0.25) is 0 Å². The molecule has 0 atom stereocenters. The van der Waals surface area contributed by atoms with Gasteiger partial charge in [-0.15, -0.1) is 0 Å². The molecule has 0 aliphatic heterocycles. The summed E-state index contributed by atoms with van der Waals surface area (Å²) in [6.07, 6.45) is 1.20. The molecule has 0 aliphatic rings. The molecule has 4 nitrogen and oxygen atoms in total. The molecule has 2 aromatic carbocycles. The van der Waals surface area contributed by atoms with Crippen molar-refractivity contribution in [1.29, 1.82) is 0 Å². The molecule has 112 valence electrons. The van der Waals surface area contributed by atoms with Gasteiger partial charge in [-0.1, -0.05) is 37.3 Å². The van der Waals surface area contributed by atoms with Crippen LogP contribution in [-0.4, -0.2) is 32.8 Å². The summed E-state index contributed by atoms with van der Waals surface area (Å²) in [6.45, 7) is 1.91. The number of hydrogen-bond acceptors (Lipinski definition) is 4. The van der Waals surface area contributed by atoms with Crippen molar-refractivity contribution in [2.24, 2.45) is 0 Å². The Kier molecular flexibility index (Phi) is 4.96. The van der Waals surface area contributed by atoms with E-state index in [1.807, 2.05) is 30.3 Å². The molecule has 21 heavy (non-hydrogen) atoms. The van der Waals surface area contributed by atoms with Crippen molar-refractivity contribution in [1.82, 2.24) is 0 Å². The number of sulfone groups is 1. The van der Waals surface area contributed by atoms with Gasteiger partial charge in [0.1, 0.15) is 15.6 Å². The van der Waals surface area contributed by atoms with Gasteiger partial charge in [0.15, 0.2) is 6.29 Å². The van der Waals surface area contributed by atoms with Crippen molar-refractivity contribution in [2.45, 2.75) is 13.3 Å². The molecular formula is C16H18O4S. The summed E-state index contributed by atoms with van der Waals surface area (Å²) in [5.41, 5.74) is 0.506. The molecule has 0 saturated heterocycles. The van der Waals surface area contributed by atoms with Gasteiger partial charge in [0.05, 0.1) is 17.9 Å². The van der Waals surface area contributed by atoms with Crippen LogP contribution in [0.1, 0.15) is 23.7 Å². The molecule has 0 N–H and O–H groups in total. The molecule has 0 spiro atoms. The summed E-state index contributed by atoms with van der Waals surface area (Å²) in [6, 6.07) is 11.2. The number of aldehydes is 1. The van der Waals surface area contributed by atoms with E-state index in [0.717, 1.165) is 17.1 Å². The first-order valence-corrected chi connectivity index (χ1v) is 8.69. The van der Waals surface area contributed by atoms with Crippen molar-refractivity contribution >= 4 is 26.9 Å². The average Bonchev–Trinajstić information content (AvgIpc) is 2.51. The summed E-state index contributed by atoms with van der Waals surface area (Å²) >= 11 is 0. The summed E-state index contributed by atoms with van der Waals surface area (Å²) in [5.74, 6) is 0.744. The van der Waals surface area contributed by atoms with Crippen LogP contribution in [0.5, 0.6) is 5.75 Å². The van der Waals surface area contributed by atoms with Gasteiger partial charge in [0.25, 0.3) is 0 Å². The number of rotatable bonds is 7. The zero-order valence-electron chi connectivity index (χ0n) is 11.9. The van der Waals surface area contributed by atoms with E-state index in [9.17, 15) is 13.2 Å². The van der Waals surface area contributed by atoms with Gasteiger partial charge in [-0.3, -0.25) is 4.79 Å². The summed E-state index contributed by atoms with van der Waals surface area (Å²) in [4.78, 5) is 11.3. The van der Waals surface area contributed by atoms with Crippen LogP contribution in [0.2, 0.25) is 0 Å². The highest BCUT2D eigenvalue weighted by Crippen LogP contribution is 2.26. The maximum absolute atomic E-state index is 11.4. The average molecular weight is 306 g/mol. The Hall–Kier alpha value is -1.88. The lowest BCUT2D eigenvalue weighted by atomic mass is 10.0. The van der Waals surface area contributed by atoms with E-state index in [0.29, 0.717) is 17.7 Å². The van der Waals surface area contributed by atoms with Gasteiger partial charge >= 0.3 is 0 Å². The Labute approximate surface area is 124 Å². The van der Waals surface area contributed by atoms with Crippen molar-refractivity contribution in [3.05, 3.63) is 42.0 Å². The van der Waals surface area contributed by atoms with Crippen molar-refractivity contribution in [3.8, 4) is 5.75 Å². The summed E-state index contributed by atoms with van der Waals surface area (Å²) in [5, 5.41) is 1.81. The SMILES string of the molecule is CCS(=O)(=O)CCCOc1ccc2ccccc2c1C=O. The number of carbonyl (C=O) groups excluding carboxylic acids is 1. The molecule has 2 aromatic rings. The molecule has 0 radical (unpaired) electrons. The van der Waals surface area contributed by atoms with Crippen LogP contribution in [0.4, 0.5) is 0 Å². The molecule has 5 heteroatoms. The molecule has 0 bridgehead atoms. The monoisotopic (exact) mass is 306 g/mol. The van der Waals surface area contributed by atoms with E-state index < -0.39 is 9.84 Å². The predicted molar refractivity (Wildman–Crippen MR) is 83.8 cm³/mol.